The van der Waals surface area contributed by atoms with Crippen molar-refractivity contribution in [2.75, 3.05) is 19.9 Å². The molecule has 0 heterocycles. The van der Waals surface area contributed by atoms with Gasteiger partial charge in [-0.05, 0) is 6.92 Å². The van der Waals surface area contributed by atoms with Gasteiger partial charge in [-0.25, -0.2) is 4.39 Å². The summed E-state index contributed by atoms with van der Waals surface area (Å²) in [6.07, 6.45) is -0.485. The minimum Gasteiger partial charge on any atom is -0.391 e. The number of rotatable bonds is 4. The Morgan fingerprint density at radius 3 is 2.75 bits per heavy atom. The Morgan fingerprint density at radius 1 is 1.75 bits per heavy atom. The molecule has 0 aromatic heterocycles. The fourth-order valence-electron chi connectivity index (χ4n) is 0.308. The second-order valence-electron chi connectivity index (χ2n) is 1.61. The van der Waals surface area contributed by atoms with Crippen molar-refractivity contribution in [1.82, 2.24) is 0 Å². The first-order chi connectivity index (χ1) is 3.77. The number of ether oxygens (including phenoxy) is 1. The third-order valence-electron chi connectivity index (χ3n) is 0.581. The summed E-state index contributed by atoms with van der Waals surface area (Å²) < 4.78 is 15.9. The largest absolute Gasteiger partial charge is 0.391 e. The van der Waals surface area contributed by atoms with Gasteiger partial charge in [-0.1, -0.05) is 0 Å². The van der Waals surface area contributed by atoms with E-state index >= 15 is 0 Å². The highest BCUT2D eigenvalue weighted by Crippen LogP contribution is 1.81. The molecule has 0 rings (SSSR count). The molecule has 0 radical (unpaired) electrons. The van der Waals surface area contributed by atoms with E-state index in [1.54, 1.807) is 6.92 Å². The quantitative estimate of drug-likeness (QED) is 0.545. The van der Waals surface area contributed by atoms with Crippen LogP contribution in [0.3, 0.4) is 0 Å². The van der Waals surface area contributed by atoms with Crippen LogP contribution in [-0.2, 0) is 4.74 Å². The minimum atomic E-state index is -0.485. The van der Waals surface area contributed by atoms with Crippen LogP contribution in [0, 0.1) is 0 Å². The van der Waals surface area contributed by atoms with Gasteiger partial charge in [-0.2, -0.15) is 0 Å². The van der Waals surface area contributed by atoms with Gasteiger partial charge in [0, 0.05) is 0 Å². The maximum atomic E-state index is 11.2. The third kappa shape index (κ3) is 5.85. The molecule has 0 spiro atoms. The molecule has 1 atom stereocenters. The molecule has 0 aliphatic carbocycles. The van der Waals surface area contributed by atoms with Crippen molar-refractivity contribution in [3.8, 4) is 0 Å². The van der Waals surface area contributed by atoms with Crippen LogP contribution in [0.5, 0.6) is 0 Å². The second-order valence-corrected chi connectivity index (χ2v) is 1.61. The van der Waals surface area contributed by atoms with Crippen molar-refractivity contribution >= 4 is 0 Å². The Morgan fingerprint density at radius 2 is 2.38 bits per heavy atom. The smallest absolute Gasteiger partial charge is 0.113 e. The Labute approximate surface area is 48.3 Å². The van der Waals surface area contributed by atoms with Gasteiger partial charge >= 0.3 is 0 Å². The van der Waals surface area contributed by atoms with E-state index in [1.807, 2.05) is 0 Å². The lowest BCUT2D eigenvalue weighted by Crippen LogP contribution is -2.11. The number of aliphatic hydroxyl groups is 1. The van der Waals surface area contributed by atoms with E-state index in [0.717, 1.165) is 0 Å². The highest BCUT2D eigenvalue weighted by atomic mass is 19.1. The summed E-state index contributed by atoms with van der Waals surface area (Å²) in [7, 11) is 0. The SMILES string of the molecule is CC(O)COCCF. The average molecular weight is 122 g/mol. The Kier molecular flexibility index (Phi) is 4.90. The summed E-state index contributed by atoms with van der Waals surface area (Å²) in [6.45, 7) is 1.43. The standard InChI is InChI=1S/C5H11FO2/c1-5(7)4-8-3-2-6/h5,7H,2-4H2,1H3. The molecule has 0 saturated heterocycles. The zero-order valence-electron chi connectivity index (χ0n) is 4.93. The summed E-state index contributed by atoms with van der Waals surface area (Å²) in [5.41, 5.74) is 0. The Hall–Kier alpha value is -0.150. The van der Waals surface area contributed by atoms with E-state index < -0.39 is 12.8 Å². The van der Waals surface area contributed by atoms with Crippen LogP contribution in [0.4, 0.5) is 4.39 Å². The van der Waals surface area contributed by atoms with Crippen molar-refractivity contribution in [2.45, 2.75) is 13.0 Å². The highest BCUT2D eigenvalue weighted by Gasteiger charge is 1.92. The monoisotopic (exact) mass is 122 g/mol. The predicted molar refractivity (Wildman–Crippen MR) is 28.5 cm³/mol. The number of aliphatic hydroxyl groups excluding tert-OH is 1. The van der Waals surface area contributed by atoms with Gasteiger partial charge in [-0.3, -0.25) is 0 Å². The van der Waals surface area contributed by atoms with E-state index in [1.165, 1.54) is 0 Å². The van der Waals surface area contributed by atoms with Crippen molar-refractivity contribution < 1.29 is 14.2 Å². The number of hydrogen-bond acceptors (Lipinski definition) is 2. The summed E-state index contributed by atoms with van der Waals surface area (Å²) in [6, 6.07) is 0. The fourth-order valence-corrected chi connectivity index (χ4v) is 0.308. The second kappa shape index (κ2) is 5.00. The van der Waals surface area contributed by atoms with Gasteiger partial charge in [-0.15, -0.1) is 0 Å². The zero-order valence-corrected chi connectivity index (χ0v) is 4.93. The molecule has 0 saturated carbocycles. The molecular weight excluding hydrogens is 111 g/mol. The summed E-state index contributed by atoms with van der Waals surface area (Å²) >= 11 is 0. The van der Waals surface area contributed by atoms with Crippen LogP contribution >= 0.6 is 0 Å². The topological polar surface area (TPSA) is 29.5 Å². The molecule has 0 fully saturated rings. The van der Waals surface area contributed by atoms with Gasteiger partial charge in [0.25, 0.3) is 0 Å². The van der Waals surface area contributed by atoms with Crippen LogP contribution < -0.4 is 0 Å². The molecule has 0 bridgehead atoms. The van der Waals surface area contributed by atoms with Crippen LogP contribution in [-0.4, -0.2) is 31.1 Å². The number of alkyl halides is 1. The summed E-state index contributed by atoms with van der Waals surface area (Å²) in [4.78, 5) is 0. The molecule has 8 heavy (non-hydrogen) atoms. The normalized spacial score (nSPS) is 13.9. The van der Waals surface area contributed by atoms with Crippen LogP contribution in [0.1, 0.15) is 6.92 Å². The van der Waals surface area contributed by atoms with Crippen molar-refractivity contribution in [3.63, 3.8) is 0 Å². The first-order valence-corrected chi connectivity index (χ1v) is 2.59. The summed E-state index contributed by atoms with van der Waals surface area (Å²) in [5.74, 6) is 0. The Bertz CT molecular complexity index is 47.7. The van der Waals surface area contributed by atoms with Gasteiger partial charge in [0.2, 0.25) is 0 Å². The average Bonchev–Trinajstić information content (AvgIpc) is 1.66. The highest BCUT2D eigenvalue weighted by molar-refractivity contribution is 4.39. The van der Waals surface area contributed by atoms with E-state index in [4.69, 9.17) is 5.11 Å². The molecule has 0 amide bonds. The summed E-state index contributed by atoms with van der Waals surface area (Å²) in [5, 5.41) is 8.53. The van der Waals surface area contributed by atoms with E-state index in [-0.39, 0.29) is 13.2 Å². The molecular formula is C5H11FO2. The van der Waals surface area contributed by atoms with E-state index in [0.29, 0.717) is 0 Å². The molecule has 50 valence electrons. The first-order valence-electron chi connectivity index (χ1n) is 2.59. The van der Waals surface area contributed by atoms with Crippen molar-refractivity contribution in [3.05, 3.63) is 0 Å². The molecule has 0 aromatic carbocycles. The van der Waals surface area contributed by atoms with E-state index in [2.05, 4.69) is 4.74 Å². The molecule has 0 aromatic rings. The fraction of sp³-hybridized carbons (Fsp3) is 1.00. The van der Waals surface area contributed by atoms with Gasteiger partial charge in [0.1, 0.15) is 6.67 Å². The minimum absolute atomic E-state index is 0.0882. The first kappa shape index (κ1) is 7.85. The van der Waals surface area contributed by atoms with Crippen LogP contribution in [0.2, 0.25) is 0 Å². The predicted octanol–water partition coefficient (Wildman–Crippen LogP) is 0.353. The molecule has 3 heteroatoms. The molecule has 1 N–H and O–H groups in total. The molecule has 2 nitrogen and oxygen atoms in total. The Balaban J connectivity index is 2.72. The van der Waals surface area contributed by atoms with Gasteiger partial charge in [0.05, 0.1) is 19.3 Å². The lowest BCUT2D eigenvalue weighted by atomic mass is 10.4. The molecule has 0 aliphatic heterocycles. The van der Waals surface area contributed by atoms with Gasteiger partial charge < -0.3 is 9.84 Å². The lowest BCUT2D eigenvalue weighted by molar-refractivity contribution is 0.0404. The number of halogens is 1. The third-order valence-corrected chi connectivity index (χ3v) is 0.581. The van der Waals surface area contributed by atoms with Gasteiger partial charge in [0.15, 0.2) is 0 Å². The lowest BCUT2D eigenvalue weighted by Gasteiger charge is -2.01. The maximum absolute atomic E-state index is 11.2. The van der Waals surface area contributed by atoms with E-state index in [9.17, 15) is 4.39 Å². The molecule has 0 aliphatic rings. The van der Waals surface area contributed by atoms with Crippen molar-refractivity contribution in [2.24, 2.45) is 0 Å². The van der Waals surface area contributed by atoms with Crippen LogP contribution in [0.25, 0.3) is 0 Å². The van der Waals surface area contributed by atoms with Crippen LogP contribution in [0.15, 0.2) is 0 Å². The zero-order chi connectivity index (χ0) is 6.41. The maximum Gasteiger partial charge on any atom is 0.113 e. The molecule has 1 unspecified atom stereocenters. The van der Waals surface area contributed by atoms with Crippen molar-refractivity contribution in [1.29, 1.82) is 0 Å². The number of hydrogen-bond donors (Lipinski definition) is 1.